The Labute approximate surface area is 143 Å². The van der Waals surface area contributed by atoms with Crippen molar-refractivity contribution in [2.24, 2.45) is 0 Å². The summed E-state index contributed by atoms with van der Waals surface area (Å²) in [5, 5.41) is 3.22. The van der Waals surface area contributed by atoms with E-state index in [1.165, 1.54) is 12.3 Å². The second kappa shape index (κ2) is 6.68. The Morgan fingerprint density at radius 1 is 1.12 bits per heavy atom. The second-order valence-corrected chi connectivity index (χ2v) is 8.23. The van der Waals surface area contributed by atoms with Crippen LogP contribution in [-0.2, 0) is 10.0 Å². The molecule has 1 aromatic heterocycles. The number of sulfonamides is 1. The predicted octanol–water partition coefficient (Wildman–Crippen LogP) is 3.41. The zero-order valence-electron chi connectivity index (χ0n) is 14.5. The molecule has 0 saturated carbocycles. The summed E-state index contributed by atoms with van der Waals surface area (Å²) in [7, 11) is -2.13. The van der Waals surface area contributed by atoms with Gasteiger partial charge in [-0.15, -0.1) is 0 Å². The summed E-state index contributed by atoms with van der Waals surface area (Å²) in [6.45, 7) is 7.87. The van der Waals surface area contributed by atoms with Gasteiger partial charge in [0.15, 0.2) is 0 Å². The van der Waals surface area contributed by atoms with Gasteiger partial charge in [-0.3, -0.25) is 4.72 Å². The van der Waals surface area contributed by atoms with Crippen molar-refractivity contribution in [3.05, 3.63) is 42.1 Å². The van der Waals surface area contributed by atoms with E-state index in [4.69, 9.17) is 4.74 Å². The molecule has 0 radical (unpaired) electrons. The first kappa shape index (κ1) is 18.1. The van der Waals surface area contributed by atoms with Crippen LogP contribution in [0.3, 0.4) is 0 Å². The van der Waals surface area contributed by atoms with Gasteiger partial charge >= 0.3 is 0 Å². The predicted molar refractivity (Wildman–Crippen MR) is 96.2 cm³/mol. The number of benzene rings is 1. The van der Waals surface area contributed by atoms with Crippen LogP contribution in [0.25, 0.3) is 0 Å². The third-order valence-corrected chi connectivity index (χ3v) is 4.57. The fraction of sp³-hybridized carbons (Fsp3) is 0.353. The molecule has 24 heavy (non-hydrogen) atoms. The van der Waals surface area contributed by atoms with Crippen LogP contribution in [0.2, 0.25) is 0 Å². The molecule has 2 rings (SSSR count). The molecule has 130 valence electrons. The number of aromatic nitrogens is 1. The Kier molecular flexibility index (Phi) is 5.03. The van der Waals surface area contributed by atoms with E-state index in [-0.39, 0.29) is 10.4 Å². The Morgan fingerprint density at radius 2 is 1.83 bits per heavy atom. The van der Waals surface area contributed by atoms with Crippen molar-refractivity contribution in [2.45, 2.75) is 38.1 Å². The average Bonchev–Trinajstić information content (AvgIpc) is 2.47. The topological polar surface area (TPSA) is 80.3 Å². The van der Waals surface area contributed by atoms with Crippen molar-refractivity contribution in [3.8, 4) is 5.75 Å². The molecule has 0 saturated heterocycles. The maximum atomic E-state index is 12.5. The Hall–Kier alpha value is -2.28. The van der Waals surface area contributed by atoms with E-state index in [0.29, 0.717) is 17.3 Å². The number of ether oxygens (including phenoxy) is 1. The highest BCUT2D eigenvalue weighted by atomic mass is 32.2. The number of aryl methyl sites for hydroxylation is 1. The fourth-order valence-electron chi connectivity index (χ4n) is 2.14. The lowest BCUT2D eigenvalue weighted by Gasteiger charge is -2.21. The van der Waals surface area contributed by atoms with Crippen LogP contribution in [-0.4, -0.2) is 26.1 Å². The zero-order valence-corrected chi connectivity index (χ0v) is 15.4. The van der Waals surface area contributed by atoms with Crippen LogP contribution in [0.4, 0.5) is 11.5 Å². The van der Waals surface area contributed by atoms with E-state index in [0.717, 1.165) is 5.56 Å². The minimum atomic E-state index is -3.67. The molecular formula is C17H23N3O3S. The number of nitrogens with one attached hydrogen (secondary N) is 2. The zero-order chi connectivity index (χ0) is 18.0. The molecular weight excluding hydrogens is 326 g/mol. The SMILES string of the molecule is COc1ccc(S(=O)(=O)Nc2ccc(NC(C)(C)C)nc2)cc1C. The number of hydrogen-bond acceptors (Lipinski definition) is 5. The Bertz CT molecular complexity index is 810. The van der Waals surface area contributed by atoms with Gasteiger partial charge in [0, 0.05) is 5.54 Å². The maximum absolute atomic E-state index is 12.5. The van der Waals surface area contributed by atoms with E-state index in [2.05, 4.69) is 15.0 Å². The largest absolute Gasteiger partial charge is 0.496 e. The first-order valence-corrected chi connectivity index (χ1v) is 9.01. The molecule has 6 nitrogen and oxygen atoms in total. The van der Waals surface area contributed by atoms with Crippen LogP contribution in [0, 0.1) is 6.92 Å². The lowest BCUT2D eigenvalue weighted by Crippen LogP contribution is -2.26. The van der Waals surface area contributed by atoms with Crippen LogP contribution in [0.1, 0.15) is 26.3 Å². The molecule has 0 spiro atoms. The highest BCUT2D eigenvalue weighted by molar-refractivity contribution is 7.92. The third kappa shape index (κ3) is 4.61. The van der Waals surface area contributed by atoms with E-state index < -0.39 is 10.0 Å². The monoisotopic (exact) mass is 349 g/mol. The minimum Gasteiger partial charge on any atom is -0.496 e. The van der Waals surface area contributed by atoms with Crippen molar-refractivity contribution < 1.29 is 13.2 Å². The van der Waals surface area contributed by atoms with Crippen LogP contribution >= 0.6 is 0 Å². The van der Waals surface area contributed by atoms with Crippen LogP contribution in [0.15, 0.2) is 41.4 Å². The lowest BCUT2D eigenvalue weighted by atomic mass is 10.1. The van der Waals surface area contributed by atoms with Crippen LogP contribution in [0.5, 0.6) is 5.75 Å². The van der Waals surface area contributed by atoms with Gasteiger partial charge < -0.3 is 10.1 Å². The molecule has 0 atom stereocenters. The molecule has 0 aliphatic rings. The van der Waals surface area contributed by atoms with Gasteiger partial charge in [0.1, 0.15) is 11.6 Å². The summed E-state index contributed by atoms with van der Waals surface area (Å²) in [6, 6.07) is 8.14. The van der Waals surface area contributed by atoms with Gasteiger partial charge in [0.2, 0.25) is 0 Å². The van der Waals surface area contributed by atoms with Crippen molar-refractivity contribution in [1.29, 1.82) is 0 Å². The van der Waals surface area contributed by atoms with E-state index in [1.54, 1.807) is 38.3 Å². The molecule has 1 aromatic carbocycles. The normalized spacial score (nSPS) is 11.9. The maximum Gasteiger partial charge on any atom is 0.261 e. The lowest BCUT2D eigenvalue weighted by molar-refractivity contribution is 0.411. The average molecular weight is 349 g/mol. The van der Waals surface area contributed by atoms with E-state index in [1.807, 2.05) is 20.8 Å². The van der Waals surface area contributed by atoms with Crippen LogP contribution < -0.4 is 14.8 Å². The Balaban J connectivity index is 2.18. The number of nitrogens with zero attached hydrogens (tertiary/aromatic N) is 1. The summed E-state index contributed by atoms with van der Waals surface area (Å²) >= 11 is 0. The smallest absolute Gasteiger partial charge is 0.261 e. The molecule has 0 aliphatic carbocycles. The molecule has 2 aromatic rings. The van der Waals surface area contributed by atoms with Gasteiger partial charge in [-0.1, -0.05) is 0 Å². The molecule has 0 fully saturated rings. The number of rotatable bonds is 5. The molecule has 7 heteroatoms. The van der Waals surface area contributed by atoms with Crippen molar-refractivity contribution in [2.75, 3.05) is 17.1 Å². The standard InChI is InChI=1S/C17H23N3O3S/c1-12-10-14(7-8-15(12)23-5)24(21,22)20-13-6-9-16(18-11-13)19-17(2,3)4/h6-11,20H,1-5H3,(H,18,19). The highest BCUT2D eigenvalue weighted by Gasteiger charge is 2.16. The summed E-state index contributed by atoms with van der Waals surface area (Å²) < 4.78 is 32.6. The second-order valence-electron chi connectivity index (χ2n) is 6.54. The van der Waals surface area contributed by atoms with Gasteiger partial charge in [-0.2, -0.15) is 0 Å². The molecule has 2 N–H and O–H groups in total. The van der Waals surface area contributed by atoms with Gasteiger partial charge in [0.25, 0.3) is 10.0 Å². The molecule has 1 heterocycles. The molecule has 0 bridgehead atoms. The van der Waals surface area contributed by atoms with Gasteiger partial charge in [0.05, 0.1) is 23.9 Å². The minimum absolute atomic E-state index is 0.116. The summed E-state index contributed by atoms with van der Waals surface area (Å²) in [5.41, 5.74) is 1.04. The molecule has 0 amide bonds. The van der Waals surface area contributed by atoms with Gasteiger partial charge in [-0.25, -0.2) is 13.4 Å². The van der Waals surface area contributed by atoms with E-state index >= 15 is 0 Å². The van der Waals surface area contributed by atoms with Crippen molar-refractivity contribution in [1.82, 2.24) is 4.98 Å². The van der Waals surface area contributed by atoms with E-state index in [9.17, 15) is 8.42 Å². The highest BCUT2D eigenvalue weighted by Crippen LogP contribution is 2.23. The number of hydrogen-bond donors (Lipinski definition) is 2. The fourth-order valence-corrected chi connectivity index (χ4v) is 3.27. The van der Waals surface area contributed by atoms with Gasteiger partial charge in [-0.05, 0) is 63.6 Å². The number of methoxy groups -OCH3 is 1. The molecule has 0 unspecified atom stereocenters. The first-order valence-electron chi connectivity index (χ1n) is 7.52. The molecule has 0 aliphatic heterocycles. The first-order chi connectivity index (χ1) is 11.1. The number of anilines is 2. The summed E-state index contributed by atoms with van der Waals surface area (Å²) in [4.78, 5) is 4.41. The number of pyridine rings is 1. The van der Waals surface area contributed by atoms with Crippen molar-refractivity contribution >= 4 is 21.5 Å². The summed E-state index contributed by atoms with van der Waals surface area (Å²) in [5.74, 6) is 1.33. The van der Waals surface area contributed by atoms with Crippen molar-refractivity contribution in [3.63, 3.8) is 0 Å². The Morgan fingerprint density at radius 3 is 2.33 bits per heavy atom. The summed E-state index contributed by atoms with van der Waals surface area (Å²) in [6.07, 6.45) is 1.49. The quantitative estimate of drug-likeness (QED) is 0.865. The third-order valence-electron chi connectivity index (χ3n) is 3.20.